The molecule has 0 saturated heterocycles. The molecule has 2 heterocycles. The molecule has 2 aromatic heterocycles. The number of carbonyl (C=O) groups excluding carboxylic acids is 1. The van der Waals surface area contributed by atoms with Gasteiger partial charge in [-0.1, -0.05) is 73.0 Å². The quantitative estimate of drug-likeness (QED) is 0.242. The van der Waals surface area contributed by atoms with E-state index in [9.17, 15) is 4.79 Å². The van der Waals surface area contributed by atoms with Gasteiger partial charge in [0.15, 0.2) is 0 Å². The average molecular weight is 525 g/mol. The molecule has 4 rings (SSSR count). The molecule has 2 aromatic carbocycles. The molecule has 0 aliphatic rings. The van der Waals surface area contributed by atoms with Crippen LogP contribution in [-0.4, -0.2) is 15.7 Å². The van der Waals surface area contributed by atoms with Crippen LogP contribution in [0.25, 0.3) is 22.3 Å². The van der Waals surface area contributed by atoms with Gasteiger partial charge < -0.3 is 5.32 Å². The monoisotopic (exact) mass is 523 g/mol. The second kappa shape index (κ2) is 11.7. The standard InChI is InChI=1S/C28H27Cl2N3OS/c1-3-4-6-11-22-13-15-26(35-22)28-19(2)24(18-31-27(34)16-20-9-7-5-8-10-20)32-33(28)25-14-12-21(29)17-23(25)30/h5-15,17H,3-4,16,18H2,1-2H3,(H,31,34)/b11-6+. The van der Waals surface area contributed by atoms with Crippen LogP contribution in [0.15, 0.2) is 66.7 Å². The van der Waals surface area contributed by atoms with E-state index in [4.69, 9.17) is 28.3 Å². The third kappa shape index (κ3) is 6.23. The molecule has 0 bridgehead atoms. The van der Waals surface area contributed by atoms with Crippen LogP contribution in [-0.2, 0) is 17.8 Å². The van der Waals surface area contributed by atoms with E-state index in [1.807, 2.05) is 48.0 Å². The molecule has 0 unspecified atom stereocenters. The first-order valence-electron chi connectivity index (χ1n) is 11.6. The maximum atomic E-state index is 12.6. The van der Waals surface area contributed by atoms with Crippen LogP contribution < -0.4 is 5.32 Å². The first-order chi connectivity index (χ1) is 17.0. The SMILES string of the molecule is CCC/C=C/c1ccc(-c2c(C)c(CNC(=O)Cc3ccccc3)nn2-c2ccc(Cl)cc2Cl)s1. The lowest BCUT2D eigenvalue weighted by Crippen LogP contribution is -2.25. The van der Waals surface area contributed by atoms with Gasteiger partial charge in [0.2, 0.25) is 5.91 Å². The molecular formula is C28H27Cl2N3OS. The van der Waals surface area contributed by atoms with Gasteiger partial charge in [0.05, 0.1) is 39.9 Å². The van der Waals surface area contributed by atoms with Crippen LogP contribution in [0.2, 0.25) is 10.0 Å². The Labute approximate surface area is 220 Å². The number of carbonyl (C=O) groups is 1. The lowest BCUT2D eigenvalue weighted by atomic mass is 10.1. The summed E-state index contributed by atoms with van der Waals surface area (Å²) in [5.41, 5.74) is 4.48. The Balaban J connectivity index is 1.66. The molecule has 1 amide bonds. The molecule has 4 nitrogen and oxygen atoms in total. The number of nitrogens with one attached hydrogen (secondary N) is 1. The van der Waals surface area contributed by atoms with Crippen LogP contribution in [0.4, 0.5) is 0 Å². The molecule has 0 fully saturated rings. The molecule has 7 heteroatoms. The number of nitrogens with zero attached hydrogens (tertiary/aromatic N) is 2. The van der Waals surface area contributed by atoms with E-state index in [2.05, 4.69) is 36.5 Å². The summed E-state index contributed by atoms with van der Waals surface area (Å²) in [5.74, 6) is -0.0457. The predicted molar refractivity (Wildman–Crippen MR) is 148 cm³/mol. The van der Waals surface area contributed by atoms with Crippen LogP contribution in [0, 0.1) is 6.92 Å². The second-order valence-electron chi connectivity index (χ2n) is 8.26. The molecule has 0 radical (unpaired) electrons. The van der Waals surface area contributed by atoms with Gasteiger partial charge in [0.1, 0.15) is 0 Å². The van der Waals surface area contributed by atoms with Crippen molar-refractivity contribution in [1.29, 1.82) is 0 Å². The summed E-state index contributed by atoms with van der Waals surface area (Å²) in [7, 11) is 0. The Morgan fingerprint density at radius 3 is 2.66 bits per heavy atom. The molecule has 0 atom stereocenters. The van der Waals surface area contributed by atoms with Crippen molar-refractivity contribution in [2.45, 2.75) is 39.7 Å². The highest BCUT2D eigenvalue weighted by Gasteiger charge is 2.20. The third-order valence-corrected chi connectivity index (χ3v) is 7.21. The molecular weight excluding hydrogens is 497 g/mol. The largest absolute Gasteiger partial charge is 0.350 e. The molecule has 0 spiro atoms. The predicted octanol–water partition coefficient (Wildman–Crippen LogP) is 7.89. The first kappa shape index (κ1) is 25.2. The fraction of sp³-hybridized carbons (Fsp3) is 0.214. The maximum absolute atomic E-state index is 12.6. The van der Waals surface area contributed by atoms with Gasteiger partial charge in [0, 0.05) is 15.5 Å². The maximum Gasteiger partial charge on any atom is 0.224 e. The van der Waals surface area contributed by atoms with E-state index >= 15 is 0 Å². The average Bonchev–Trinajstić information content (AvgIpc) is 3.42. The highest BCUT2D eigenvalue weighted by Crippen LogP contribution is 2.36. The number of allylic oxidation sites excluding steroid dienone is 1. The minimum absolute atomic E-state index is 0.0457. The fourth-order valence-electron chi connectivity index (χ4n) is 3.79. The number of thiophene rings is 1. The number of unbranched alkanes of at least 4 members (excludes halogenated alkanes) is 1. The van der Waals surface area contributed by atoms with Crippen molar-refractivity contribution in [3.8, 4) is 16.3 Å². The summed E-state index contributed by atoms with van der Waals surface area (Å²) >= 11 is 14.4. The highest BCUT2D eigenvalue weighted by atomic mass is 35.5. The van der Waals surface area contributed by atoms with Gasteiger partial charge in [-0.3, -0.25) is 4.79 Å². The zero-order valence-electron chi connectivity index (χ0n) is 19.7. The Hall–Kier alpha value is -2.86. The summed E-state index contributed by atoms with van der Waals surface area (Å²) in [6, 6.07) is 19.3. The summed E-state index contributed by atoms with van der Waals surface area (Å²) in [4.78, 5) is 14.8. The molecule has 35 heavy (non-hydrogen) atoms. The van der Waals surface area contributed by atoms with E-state index < -0.39 is 0 Å². The Kier molecular flexibility index (Phi) is 8.45. The minimum atomic E-state index is -0.0457. The van der Waals surface area contributed by atoms with Crippen LogP contribution >= 0.6 is 34.5 Å². The van der Waals surface area contributed by atoms with Crippen LogP contribution in [0.1, 0.15) is 41.5 Å². The van der Waals surface area contributed by atoms with E-state index in [0.717, 1.165) is 45.9 Å². The van der Waals surface area contributed by atoms with E-state index in [1.165, 1.54) is 4.88 Å². The molecule has 180 valence electrons. The molecule has 0 aliphatic heterocycles. The van der Waals surface area contributed by atoms with E-state index in [-0.39, 0.29) is 5.91 Å². The fourth-order valence-corrected chi connectivity index (χ4v) is 5.30. The van der Waals surface area contributed by atoms with Crippen molar-refractivity contribution in [3.63, 3.8) is 0 Å². The number of amides is 1. The summed E-state index contributed by atoms with van der Waals surface area (Å²) in [5, 5.41) is 8.97. The van der Waals surface area contributed by atoms with Gasteiger partial charge in [-0.2, -0.15) is 5.10 Å². The molecule has 0 aliphatic carbocycles. The zero-order chi connectivity index (χ0) is 24.8. The number of benzene rings is 2. The Morgan fingerprint density at radius 2 is 1.91 bits per heavy atom. The van der Waals surface area contributed by atoms with Gasteiger partial charge in [-0.25, -0.2) is 4.68 Å². The van der Waals surface area contributed by atoms with Crippen molar-refractivity contribution in [2.24, 2.45) is 0 Å². The number of aromatic nitrogens is 2. The smallest absolute Gasteiger partial charge is 0.224 e. The minimum Gasteiger partial charge on any atom is -0.350 e. The van der Waals surface area contributed by atoms with Crippen molar-refractivity contribution in [1.82, 2.24) is 15.1 Å². The van der Waals surface area contributed by atoms with Crippen molar-refractivity contribution < 1.29 is 4.79 Å². The first-order valence-corrected chi connectivity index (χ1v) is 13.1. The highest BCUT2D eigenvalue weighted by molar-refractivity contribution is 7.16. The molecule has 0 saturated carbocycles. The van der Waals surface area contributed by atoms with Crippen LogP contribution in [0.3, 0.4) is 0 Å². The number of hydrogen-bond acceptors (Lipinski definition) is 3. The summed E-state index contributed by atoms with van der Waals surface area (Å²) in [6.07, 6.45) is 6.86. The third-order valence-electron chi connectivity index (χ3n) is 5.62. The van der Waals surface area contributed by atoms with Gasteiger partial charge >= 0.3 is 0 Å². The van der Waals surface area contributed by atoms with E-state index in [1.54, 1.807) is 23.5 Å². The summed E-state index contributed by atoms with van der Waals surface area (Å²) in [6.45, 7) is 4.53. The van der Waals surface area contributed by atoms with Gasteiger partial charge in [0.25, 0.3) is 0 Å². The van der Waals surface area contributed by atoms with Gasteiger partial charge in [-0.05, 0) is 55.3 Å². The lowest BCUT2D eigenvalue weighted by molar-refractivity contribution is -0.120. The number of rotatable bonds is 9. The Morgan fingerprint density at radius 1 is 1.11 bits per heavy atom. The zero-order valence-corrected chi connectivity index (χ0v) is 22.1. The lowest BCUT2D eigenvalue weighted by Gasteiger charge is -2.09. The van der Waals surface area contributed by atoms with Crippen molar-refractivity contribution >= 4 is 46.5 Å². The number of halogens is 2. The normalized spacial score (nSPS) is 11.3. The van der Waals surface area contributed by atoms with Crippen molar-refractivity contribution in [3.05, 3.63) is 98.5 Å². The Bertz CT molecular complexity index is 1340. The molecule has 1 N–H and O–H groups in total. The second-order valence-corrected chi connectivity index (χ2v) is 10.2. The topological polar surface area (TPSA) is 46.9 Å². The van der Waals surface area contributed by atoms with Crippen LogP contribution in [0.5, 0.6) is 0 Å². The molecule has 4 aromatic rings. The van der Waals surface area contributed by atoms with Gasteiger partial charge in [-0.15, -0.1) is 11.3 Å². The number of hydrogen-bond donors (Lipinski definition) is 1. The summed E-state index contributed by atoms with van der Waals surface area (Å²) < 4.78 is 1.86. The van der Waals surface area contributed by atoms with E-state index in [0.29, 0.717) is 23.0 Å². The van der Waals surface area contributed by atoms with Crippen molar-refractivity contribution in [2.75, 3.05) is 0 Å².